The lowest BCUT2D eigenvalue weighted by Crippen LogP contribution is -1.93. The van der Waals surface area contributed by atoms with Crippen molar-refractivity contribution in [2.24, 2.45) is 0 Å². The van der Waals surface area contributed by atoms with Gasteiger partial charge in [0.2, 0.25) is 0 Å². The summed E-state index contributed by atoms with van der Waals surface area (Å²) in [6.07, 6.45) is 0. The summed E-state index contributed by atoms with van der Waals surface area (Å²) in [6.45, 7) is 1.62. The summed E-state index contributed by atoms with van der Waals surface area (Å²) in [5.74, 6) is 0.471. The molecule has 8 nitrogen and oxygen atoms in total. The normalized spacial score (nSPS) is 10.6. The van der Waals surface area contributed by atoms with Crippen LogP contribution in [0.2, 0.25) is 0 Å². The fourth-order valence-corrected chi connectivity index (χ4v) is 1.45. The van der Waals surface area contributed by atoms with Crippen LogP contribution >= 0.6 is 0 Å². The molecule has 0 aliphatic heterocycles. The zero-order valence-electron chi connectivity index (χ0n) is 8.13. The van der Waals surface area contributed by atoms with Crippen LogP contribution in [0.5, 0.6) is 0 Å². The molecule has 0 atom stereocenters. The summed E-state index contributed by atoms with van der Waals surface area (Å²) >= 11 is 0. The molecule has 0 spiro atoms. The molecular formula is C8H6N4O4. The molecule has 2 rings (SSSR count). The van der Waals surface area contributed by atoms with Gasteiger partial charge in [-0.05, 0) is 6.92 Å². The molecule has 1 aromatic heterocycles. The Morgan fingerprint density at radius 3 is 2.50 bits per heavy atom. The first-order chi connectivity index (χ1) is 7.49. The fourth-order valence-electron chi connectivity index (χ4n) is 1.45. The number of non-ortho nitro benzene ring substituents is 2. The molecule has 1 heterocycles. The maximum atomic E-state index is 10.7. The van der Waals surface area contributed by atoms with Gasteiger partial charge in [0.15, 0.2) is 5.52 Å². The number of nitrogens with one attached hydrogen (secondary N) is 1. The highest BCUT2D eigenvalue weighted by Crippen LogP contribution is 2.29. The van der Waals surface area contributed by atoms with Crippen molar-refractivity contribution < 1.29 is 9.85 Å². The molecule has 1 N–H and O–H groups in total. The van der Waals surface area contributed by atoms with E-state index < -0.39 is 9.85 Å². The lowest BCUT2D eigenvalue weighted by Gasteiger charge is -1.93. The van der Waals surface area contributed by atoms with E-state index in [0.717, 1.165) is 6.07 Å². The predicted molar refractivity (Wildman–Crippen MR) is 54.1 cm³/mol. The van der Waals surface area contributed by atoms with Crippen molar-refractivity contribution >= 4 is 22.4 Å². The van der Waals surface area contributed by atoms with E-state index in [0.29, 0.717) is 11.3 Å². The van der Waals surface area contributed by atoms with Crippen molar-refractivity contribution in [1.29, 1.82) is 0 Å². The Morgan fingerprint density at radius 1 is 1.25 bits per heavy atom. The average Bonchev–Trinajstić information content (AvgIpc) is 2.55. The van der Waals surface area contributed by atoms with Crippen LogP contribution in [0.1, 0.15) is 5.82 Å². The van der Waals surface area contributed by atoms with Gasteiger partial charge >= 0.3 is 5.69 Å². The first-order valence-electron chi connectivity index (χ1n) is 4.28. The van der Waals surface area contributed by atoms with Crippen LogP contribution in [0, 0.1) is 27.2 Å². The molecule has 0 radical (unpaired) electrons. The number of aryl methyl sites for hydroxylation is 1. The zero-order valence-corrected chi connectivity index (χ0v) is 8.13. The van der Waals surface area contributed by atoms with Crippen LogP contribution in [0.25, 0.3) is 11.0 Å². The summed E-state index contributed by atoms with van der Waals surface area (Å²) < 4.78 is 0. The van der Waals surface area contributed by atoms with Gasteiger partial charge in [0, 0.05) is 6.07 Å². The standard InChI is InChI=1S/C8H6N4O4/c1-4-9-6-2-5(11(13)14)3-7(12(15)16)8(6)10-4/h2-3H,1H3,(H,9,10). The summed E-state index contributed by atoms with van der Waals surface area (Å²) in [5.41, 5.74) is -0.275. The molecule has 1 aromatic carbocycles. The maximum absolute atomic E-state index is 10.7. The number of rotatable bonds is 2. The summed E-state index contributed by atoms with van der Waals surface area (Å²) in [4.78, 5) is 26.6. The van der Waals surface area contributed by atoms with Crippen molar-refractivity contribution in [2.45, 2.75) is 6.92 Å². The Balaban J connectivity index is 2.83. The molecular weight excluding hydrogens is 216 g/mol. The third-order valence-electron chi connectivity index (χ3n) is 2.08. The van der Waals surface area contributed by atoms with Crippen LogP contribution < -0.4 is 0 Å². The molecule has 0 unspecified atom stereocenters. The number of hydrogen-bond acceptors (Lipinski definition) is 5. The monoisotopic (exact) mass is 222 g/mol. The predicted octanol–water partition coefficient (Wildman–Crippen LogP) is 1.69. The fraction of sp³-hybridized carbons (Fsp3) is 0.125. The van der Waals surface area contributed by atoms with Crippen molar-refractivity contribution in [1.82, 2.24) is 9.97 Å². The molecule has 2 aromatic rings. The molecule has 0 amide bonds. The second-order valence-electron chi connectivity index (χ2n) is 3.20. The highest BCUT2D eigenvalue weighted by molar-refractivity contribution is 5.87. The van der Waals surface area contributed by atoms with Crippen molar-refractivity contribution in [3.8, 4) is 0 Å². The second-order valence-corrected chi connectivity index (χ2v) is 3.20. The van der Waals surface area contributed by atoms with E-state index in [2.05, 4.69) is 9.97 Å². The highest BCUT2D eigenvalue weighted by atomic mass is 16.6. The number of nitrogens with zero attached hydrogens (tertiary/aromatic N) is 3. The van der Waals surface area contributed by atoms with Gasteiger partial charge in [0.25, 0.3) is 5.69 Å². The van der Waals surface area contributed by atoms with Gasteiger partial charge in [0.05, 0.1) is 21.4 Å². The SMILES string of the molecule is Cc1nc2c([N+](=O)[O-])cc([N+](=O)[O-])cc2[nH]1. The molecule has 8 heteroatoms. The Labute approximate surface area is 88.2 Å². The van der Waals surface area contributed by atoms with Gasteiger partial charge < -0.3 is 4.98 Å². The zero-order chi connectivity index (χ0) is 11.9. The van der Waals surface area contributed by atoms with Crippen LogP contribution in [0.15, 0.2) is 12.1 Å². The third kappa shape index (κ3) is 1.45. The topological polar surface area (TPSA) is 115 Å². The maximum Gasteiger partial charge on any atom is 0.303 e. The third-order valence-corrected chi connectivity index (χ3v) is 2.08. The smallest absolute Gasteiger partial charge is 0.303 e. The number of fused-ring (bicyclic) bond motifs is 1. The molecule has 82 valence electrons. The van der Waals surface area contributed by atoms with Crippen LogP contribution in [-0.4, -0.2) is 19.8 Å². The molecule has 16 heavy (non-hydrogen) atoms. The lowest BCUT2D eigenvalue weighted by molar-refractivity contribution is -0.393. The molecule has 0 aliphatic carbocycles. The van der Waals surface area contributed by atoms with Crippen molar-refractivity contribution in [2.75, 3.05) is 0 Å². The minimum atomic E-state index is -0.685. The van der Waals surface area contributed by atoms with E-state index in [-0.39, 0.29) is 16.9 Å². The first-order valence-corrected chi connectivity index (χ1v) is 4.28. The van der Waals surface area contributed by atoms with E-state index >= 15 is 0 Å². The van der Waals surface area contributed by atoms with E-state index in [1.807, 2.05) is 0 Å². The number of aromatic amines is 1. The van der Waals surface area contributed by atoms with Gasteiger partial charge in [-0.2, -0.15) is 0 Å². The molecule has 0 saturated carbocycles. The number of benzene rings is 1. The number of H-pyrrole nitrogens is 1. The van der Waals surface area contributed by atoms with Crippen LogP contribution in [-0.2, 0) is 0 Å². The average molecular weight is 222 g/mol. The van der Waals surface area contributed by atoms with Gasteiger partial charge in [-0.25, -0.2) is 4.98 Å². The first kappa shape index (κ1) is 10.0. The minimum Gasteiger partial charge on any atom is -0.342 e. The number of imidazole rings is 1. The summed E-state index contributed by atoms with van der Waals surface area (Å²) in [7, 11) is 0. The molecule has 0 bridgehead atoms. The Morgan fingerprint density at radius 2 is 1.94 bits per heavy atom. The van der Waals surface area contributed by atoms with Crippen molar-refractivity contribution in [3.63, 3.8) is 0 Å². The lowest BCUT2D eigenvalue weighted by atomic mass is 10.2. The molecule has 0 saturated heterocycles. The quantitative estimate of drug-likeness (QED) is 0.613. The Kier molecular flexibility index (Phi) is 2.04. The molecule has 0 aliphatic rings. The molecule has 0 fully saturated rings. The largest absolute Gasteiger partial charge is 0.342 e. The summed E-state index contributed by atoms with van der Waals surface area (Å²) in [6, 6.07) is 2.13. The van der Waals surface area contributed by atoms with Crippen molar-refractivity contribution in [3.05, 3.63) is 38.2 Å². The summed E-state index contributed by atoms with van der Waals surface area (Å²) in [5, 5.41) is 21.3. The Hall–Kier alpha value is -2.51. The van der Waals surface area contributed by atoms with E-state index in [1.165, 1.54) is 6.07 Å². The van der Waals surface area contributed by atoms with Gasteiger partial charge in [-0.15, -0.1) is 0 Å². The minimum absolute atomic E-state index is 0.133. The Bertz CT molecular complexity index is 603. The van der Waals surface area contributed by atoms with E-state index in [1.54, 1.807) is 6.92 Å². The number of nitro groups is 2. The van der Waals surface area contributed by atoms with E-state index in [9.17, 15) is 20.2 Å². The van der Waals surface area contributed by atoms with E-state index in [4.69, 9.17) is 0 Å². The number of nitro benzene ring substituents is 2. The number of hydrogen-bond donors (Lipinski definition) is 1. The second kappa shape index (κ2) is 3.26. The van der Waals surface area contributed by atoms with Gasteiger partial charge in [-0.3, -0.25) is 20.2 Å². The number of aromatic nitrogens is 2. The van der Waals surface area contributed by atoms with Crippen LogP contribution in [0.3, 0.4) is 0 Å². The van der Waals surface area contributed by atoms with Crippen LogP contribution in [0.4, 0.5) is 11.4 Å². The highest BCUT2D eigenvalue weighted by Gasteiger charge is 2.21. The van der Waals surface area contributed by atoms with Gasteiger partial charge in [-0.1, -0.05) is 0 Å². The van der Waals surface area contributed by atoms with Gasteiger partial charge in [0.1, 0.15) is 5.82 Å².